The Morgan fingerprint density at radius 1 is 1.43 bits per heavy atom. The van der Waals surface area contributed by atoms with E-state index in [0.717, 1.165) is 0 Å². The first-order chi connectivity index (χ1) is 6.65. The minimum atomic E-state index is 0.194. The van der Waals surface area contributed by atoms with Gasteiger partial charge in [-0.3, -0.25) is 4.99 Å². The predicted octanol–water partition coefficient (Wildman–Crippen LogP) is 1.59. The van der Waals surface area contributed by atoms with Gasteiger partial charge in [-0.1, -0.05) is 24.3 Å². The summed E-state index contributed by atoms with van der Waals surface area (Å²) in [6, 6.07) is 8.44. The molecule has 0 bridgehead atoms. The van der Waals surface area contributed by atoms with Gasteiger partial charge in [0.05, 0.1) is 6.04 Å². The van der Waals surface area contributed by atoms with E-state index in [1.165, 1.54) is 11.1 Å². The molecule has 0 spiro atoms. The normalized spacial score (nSPS) is 13.8. The fraction of sp³-hybridized carbons (Fsp3) is 0.364. The van der Waals surface area contributed by atoms with Crippen LogP contribution in [0.5, 0.6) is 0 Å². The highest BCUT2D eigenvalue weighted by Gasteiger charge is 2.07. The van der Waals surface area contributed by atoms with Crippen molar-refractivity contribution < 1.29 is 0 Å². The molecule has 0 aliphatic heterocycles. The van der Waals surface area contributed by atoms with Gasteiger partial charge in [-0.05, 0) is 25.0 Å². The number of hydrogen-bond acceptors (Lipinski definition) is 1. The first-order valence-electron chi connectivity index (χ1n) is 4.69. The summed E-state index contributed by atoms with van der Waals surface area (Å²) in [6.07, 6.45) is 0. The Kier molecular flexibility index (Phi) is 3.51. The molecule has 3 nitrogen and oxygen atoms in total. The Balaban J connectivity index is 2.79. The molecule has 0 heterocycles. The lowest BCUT2D eigenvalue weighted by Gasteiger charge is -2.16. The second-order valence-corrected chi connectivity index (χ2v) is 3.33. The number of guanidine groups is 1. The molecular weight excluding hydrogens is 174 g/mol. The molecule has 0 saturated heterocycles. The Bertz CT molecular complexity index is 331. The van der Waals surface area contributed by atoms with Crippen LogP contribution in [-0.4, -0.2) is 13.0 Å². The molecule has 3 N–H and O–H groups in total. The summed E-state index contributed by atoms with van der Waals surface area (Å²) in [6.45, 7) is 4.16. The van der Waals surface area contributed by atoms with Crippen molar-refractivity contribution in [1.82, 2.24) is 5.32 Å². The average Bonchev–Trinajstić information content (AvgIpc) is 2.18. The van der Waals surface area contributed by atoms with Gasteiger partial charge in [-0.15, -0.1) is 0 Å². The van der Waals surface area contributed by atoms with E-state index in [-0.39, 0.29) is 6.04 Å². The number of nitrogens with one attached hydrogen (secondary N) is 1. The predicted molar refractivity (Wildman–Crippen MR) is 60.3 cm³/mol. The summed E-state index contributed by atoms with van der Waals surface area (Å²) in [5, 5.41) is 3.11. The van der Waals surface area contributed by atoms with Crippen LogP contribution in [0.15, 0.2) is 29.3 Å². The molecule has 0 saturated carbocycles. The van der Waals surface area contributed by atoms with Crippen LogP contribution in [-0.2, 0) is 0 Å². The van der Waals surface area contributed by atoms with Crippen LogP contribution < -0.4 is 11.1 Å². The first kappa shape index (κ1) is 10.6. The van der Waals surface area contributed by atoms with Crippen molar-refractivity contribution in [3.05, 3.63) is 35.4 Å². The Labute approximate surface area is 85.0 Å². The van der Waals surface area contributed by atoms with Crippen LogP contribution in [0.1, 0.15) is 24.1 Å². The second kappa shape index (κ2) is 4.65. The fourth-order valence-corrected chi connectivity index (χ4v) is 1.44. The zero-order chi connectivity index (χ0) is 10.6. The van der Waals surface area contributed by atoms with Gasteiger partial charge in [0.25, 0.3) is 0 Å². The summed E-state index contributed by atoms with van der Waals surface area (Å²) in [4.78, 5) is 3.87. The molecule has 0 radical (unpaired) electrons. The third kappa shape index (κ3) is 2.49. The van der Waals surface area contributed by atoms with Gasteiger partial charge in [-0.25, -0.2) is 0 Å². The molecule has 1 atom stereocenters. The van der Waals surface area contributed by atoms with E-state index in [4.69, 9.17) is 5.73 Å². The van der Waals surface area contributed by atoms with Crippen molar-refractivity contribution in [2.45, 2.75) is 19.9 Å². The summed E-state index contributed by atoms with van der Waals surface area (Å²) in [5.41, 5.74) is 8.11. The third-order valence-electron chi connectivity index (χ3n) is 2.26. The lowest BCUT2D eigenvalue weighted by Crippen LogP contribution is -2.33. The number of hydrogen-bond donors (Lipinski definition) is 2. The molecule has 0 aromatic heterocycles. The second-order valence-electron chi connectivity index (χ2n) is 3.33. The maximum atomic E-state index is 5.60. The highest BCUT2D eigenvalue weighted by Crippen LogP contribution is 2.15. The van der Waals surface area contributed by atoms with Gasteiger partial charge in [0.2, 0.25) is 0 Å². The van der Waals surface area contributed by atoms with Gasteiger partial charge in [0.15, 0.2) is 5.96 Å². The largest absolute Gasteiger partial charge is 0.370 e. The smallest absolute Gasteiger partial charge is 0.188 e. The molecule has 0 fully saturated rings. The minimum absolute atomic E-state index is 0.194. The van der Waals surface area contributed by atoms with Crippen molar-refractivity contribution in [3.63, 3.8) is 0 Å². The van der Waals surface area contributed by atoms with E-state index < -0.39 is 0 Å². The van der Waals surface area contributed by atoms with E-state index >= 15 is 0 Å². The molecule has 0 unspecified atom stereocenters. The Hall–Kier alpha value is -1.51. The molecule has 76 valence electrons. The molecule has 1 aromatic carbocycles. The molecule has 1 aromatic rings. The molecule has 0 aliphatic rings. The minimum Gasteiger partial charge on any atom is -0.370 e. The van der Waals surface area contributed by atoms with Crippen molar-refractivity contribution in [3.8, 4) is 0 Å². The van der Waals surface area contributed by atoms with E-state index in [1.54, 1.807) is 7.05 Å². The van der Waals surface area contributed by atoms with E-state index in [0.29, 0.717) is 5.96 Å². The van der Waals surface area contributed by atoms with Crippen LogP contribution >= 0.6 is 0 Å². The third-order valence-corrected chi connectivity index (χ3v) is 2.26. The quantitative estimate of drug-likeness (QED) is 0.551. The van der Waals surface area contributed by atoms with Crippen LogP contribution in [0.3, 0.4) is 0 Å². The molecule has 0 amide bonds. The molecule has 1 rings (SSSR count). The maximum absolute atomic E-state index is 5.60. The van der Waals surface area contributed by atoms with Crippen molar-refractivity contribution >= 4 is 5.96 Å². The van der Waals surface area contributed by atoms with Crippen molar-refractivity contribution in [1.29, 1.82) is 0 Å². The number of aryl methyl sites for hydroxylation is 1. The van der Waals surface area contributed by atoms with E-state index in [9.17, 15) is 0 Å². The Morgan fingerprint density at radius 2 is 2.07 bits per heavy atom. The van der Waals surface area contributed by atoms with Crippen LogP contribution in [0.2, 0.25) is 0 Å². The Morgan fingerprint density at radius 3 is 2.64 bits per heavy atom. The summed E-state index contributed by atoms with van der Waals surface area (Å²) in [5.74, 6) is 0.473. The molecule has 0 aliphatic carbocycles. The highest BCUT2D eigenvalue weighted by atomic mass is 15.1. The van der Waals surface area contributed by atoms with Gasteiger partial charge in [0.1, 0.15) is 0 Å². The lowest BCUT2D eigenvalue weighted by atomic mass is 10.0. The summed E-state index contributed by atoms with van der Waals surface area (Å²) >= 11 is 0. The SMILES string of the molecule is CN=C(N)N[C@H](C)c1ccccc1C. The highest BCUT2D eigenvalue weighted by molar-refractivity contribution is 5.78. The number of nitrogens with zero attached hydrogens (tertiary/aromatic N) is 1. The first-order valence-corrected chi connectivity index (χ1v) is 4.69. The van der Waals surface area contributed by atoms with Crippen LogP contribution in [0, 0.1) is 6.92 Å². The van der Waals surface area contributed by atoms with E-state index in [2.05, 4.69) is 36.3 Å². The number of benzene rings is 1. The maximum Gasteiger partial charge on any atom is 0.188 e. The number of nitrogens with two attached hydrogens (primary N) is 1. The monoisotopic (exact) mass is 191 g/mol. The zero-order valence-corrected chi connectivity index (χ0v) is 8.91. The van der Waals surface area contributed by atoms with Crippen molar-refractivity contribution in [2.75, 3.05) is 7.05 Å². The standard InChI is InChI=1S/C11H17N3/c1-8-6-4-5-7-10(8)9(2)14-11(12)13-3/h4-7,9H,1-3H3,(H3,12,13,14)/t9-/m1/s1. The van der Waals surface area contributed by atoms with E-state index in [1.807, 2.05) is 12.1 Å². The zero-order valence-electron chi connectivity index (χ0n) is 8.91. The molecule has 3 heteroatoms. The molecule has 14 heavy (non-hydrogen) atoms. The summed E-state index contributed by atoms with van der Waals surface area (Å²) in [7, 11) is 1.67. The summed E-state index contributed by atoms with van der Waals surface area (Å²) < 4.78 is 0. The molecular formula is C11H17N3. The van der Waals surface area contributed by atoms with Gasteiger partial charge in [-0.2, -0.15) is 0 Å². The van der Waals surface area contributed by atoms with Crippen LogP contribution in [0.25, 0.3) is 0 Å². The van der Waals surface area contributed by atoms with Crippen molar-refractivity contribution in [2.24, 2.45) is 10.7 Å². The van der Waals surface area contributed by atoms with Gasteiger partial charge >= 0.3 is 0 Å². The lowest BCUT2D eigenvalue weighted by molar-refractivity contribution is 0.706. The topological polar surface area (TPSA) is 50.4 Å². The number of rotatable bonds is 2. The van der Waals surface area contributed by atoms with Gasteiger partial charge < -0.3 is 11.1 Å². The fourth-order valence-electron chi connectivity index (χ4n) is 1.44. The number of aliphatic imine (C=N–C) groups is 1. The van der Waals surface area contributed by atoms with Crippen LogP contribution in [0.4, 0.5) is 0 Å². The average molecular weight is 191 g/mol. The van der Waals surface area contributed by atoms with Gasteiger partial charge in [0, 0.05) is 7.05 Å².